The first-order valence-corrected chi connectivity index (χ1v) is 6.30. The molecule has 1 aromatic carbocycles. The molecule has 0 aliphatic rings. The predicted molar refractivity (Wildman–Crippen MR) is 71.9 cm³/mol. The second kappa shape index (κ2) is 8.85. The van der Waals surface area contributed by atoms with Gasteiger partial charge in [0.25, 0.3) is 0 Å². The van der Waals surface area contributed by atoms with E-state index in [1.54, 1.807) is 14.2 Å². The quantitative estimate of drug-likeness (QED) is 0.697. The van der Waals surface area contributed by atoms with Crippen LogP contribution in [0.5, 0.6) is 5.75 Å². The highest BCUT2D eigenvalue weighted by Crippen LogP contribution is 2.16. The maximum Gasteiger partial charge on any atom is 0.127 e. The number of benzene rings is 1. The molecule has 1 atom stereocenters. The molecule has 0 aliphatic heterocycles. The number of halogens is 1. The molecule has 0 amide bonds. The Morgan fingerprint density at radius 3 is 2.74 bits per heavy atom. The molecule has 0 aromatic heterocycles. The average Bonchev–Trinajstić information content (AvgIpc) is 2.40. The number of methoxy groups -OCH3 is 2. The van der Waals surface area contributed by atoms with E-state index in [1.807, 2.05) is 13.0 Å². The largest absolute Gasteiger partial charge is 0.491 e. The molecule has 0 saturated carbocycles. The van der Waals surface area contributed by atoms with E-state index >= 15 is 0 Å². The first-order chi connectivity index (χ1) is 9.15. The fourth-order valence-corrected chi connectivity index (χ4v) is 1.49. The van der Waals surface area contributed by atoms with Gasteiger partial charge in [-0.05, 0) is 24.6 Å². The van der Waals surface area contributed by atoms with Crippen molar-refractivity contribution in [1.82, 2.24) is 5.32 Å². The van der Waals surface area contributed by atoms with Crippen molar-refractivity contribution in [3.8, 4) is 5.75 Å². The van der Waals surface area contributed by atoms with Crippen LogP contribution >= 0.6 is 0 Å². The summed E-state index contributed by atoms with van der Waals surface area (Å²) in [4.78, 5) is 0. The maximum atomic E-state index is 13.4. The third-order valence-electron chi connectivity index (χ3n) is 2.63. The molecule has 0 aliphatic carbocycles. The fourth-order valence-electron chi connectivity index (χ4n) is 1.49. The monoisotopic (exact) mass is 271 g/mol. The highest BCUT2D eigenvalue weighted by Gasteiger charge is 2.04. The minimum Gasteiger partial charge on any atom is -0.491 e. The first kappa shape index (κ1) is 15.9. The van der Waals surface area contributed by atoms with Crippen LogP contribution in [0.4, 0.5) is 4.39 Å². The van der Waals surface area contributed by atoms with Crippen molar-refractivity contribution in [1.29, 1.82) is 0 Å². The average molecular weight is 271 g/mol. The van der Waals surface area contributed by atoms with Crippen LogP contribution in [0.1, 0.15) is 12.5 Å². The summed E-state index contributed by atoms with van der Waals surface area (Å²) in [6, 6.07) is 4.69. The Kier molecular flexibility index (Phi) is 7.40. The van der Waals surface area contributed by atoms with Crippen LogP contribution in [-0.4, -0.2) is 40.1 Å². The molecule has 0 fully saturated rings. The zero-order valence-corrected chi connectivity index (χ0v) is 11.7. The van der Waals surface area contributed by atoms with Gasteiger partial charge in [0.15, 0.2) is 0 Å². The molecule has 1 N–H and O–H groups in total. The van der Waals surface area contributed by atoms with Crippen molar-refractivity contribution in [2.24, 2.45) is 0 Å². The molecule has 0 bridgehead atoms. The molecule has 19 heavy (non-hydrogen) atoms. The van der Waals surface area contributed by atoms with Gasteiger partial charge in [0.1, 0.15) is 18.2 Å². The van der Waals surface area contributed by atoms with Gasteiger partial charge in [-0.2, -0.15) is 0 Å². The van der Waals surface area contributed by atoms with E-state index < -0.39 is 0 Å². The van der Waals surface area contributed by atoms with Crippen LogP contribution in [0.2, 0.25) is 0 Å². The van der Waals surface area contributed by atoms with Crippen molar-refractivity contribution in [2.75, 3.05) is 34.0 Å². The van der Waals surface area contributed by atoms with E-state index in [1.165, 1.54) is 12.1 Å². The van der Waals surface area contributed by atoms with Gasteiger partial charge in [-0.1, -0.05) is 0 Å². The van der Waals surface area contributed by atoms with E-state index in [0.29, 0.717) is 25.5 Å². The Labute approximate surface area is 113 Å². The van der Waals surface area contributed by atoms with E-state index in [4.69, 9.17) is 14.2 Å². The zero-order chi connectivity index (χ0) is 14.1. The normalized spacial score (nSPS) is 12.4. The van der Waals surface area contributed by atoms with Crippen molar-refractivity contribution in [3.63, 3.8) is 0 Å². The number of hydrogen-bond donors (Lipinski definition) is 1. The van der Waals surface area contributed by atoms with Crippen LogP contribution in [-0.2, 0) is 16.0 Å². The standard InChI is InChI=1S/C14H22FNO3/c1-11(18-3)10-19-14-7-12(6-13(15)8-14)9-16-4-5-17-2/h6-8,11,16H,4-5,9-10H2,1-3H3. The van der Waals surface area contributed by atoms with Crippen LogP contribution in [0.25, 0.3) is 0 Å². The van der Waals surface area contributed by atoms with Crippen LogP contribution in [0.3, 0.4) is 0 Å². The molecular weight excluding hydrogens is 249 g/mol. The topological polar surface area (TPSA) is 39.7 Å². The highest BCUT2D eigenvalue weighted by molar-refractivity contribution is 5.29. The number of ether oxygens (including phenoxy) is 3. The van der Waals surface area contributed by atoms with Gasteiger partial charge < -0.3 is 19.5 Å². The molecule has 0 spiro atoms. The third-order valence-corrected chi connectivity index (χ3v) is 2.63. The summed E-state index contributed by atoms with van der Waals surface area (Å²) in [7, 11) is 3.26. The van der Waals surface area contributed by atoms with E-state index in [0.717, 1.165) is 12.1 Å². The molecule has 0 saturated heterocycles. The van der Waals surface area contributed by atoms with Crippen LogP contribution in [0.15, 0.2) is 18.2 Å². The highest BCUT2D eigenvalue weighted by atomic mass is 19.1. The minimum absolute atomic E-state index is 0.0217. The minimum atomic E-state index is -0.300. The summed E-state index contributed by atoms with van der Waals surface area (Å²) in [5.41, 5.74) is 0.844. The summed E-state index contributed by atoms with van der Waals surface area (Å²) < 4.78 is 28.9. The van der Waals surface area contributed by atoms with Gasteiger partial charge in [0, 0.05) is 33.4 Å². The molecule has 0 heterocycles. The Morgan fingerprint density at radius 2 is 2.05 bits per heavy atom. The predicted octanol–water partition coefficient (Wildman–Crippen LogP) is 1.98. The van der Waals surface area contributed by atoms with Crippen LogP contribution in [0, 0.1) is 5.82 Å². The summed E-state index contributed by atoms with van der Waals surface area (Å²) in [6.07, 6.45) is -0.0217. The number of hydrogen-bond acceptors (Lipinski definition) is 4. The summed E-state index contributed by atoms with van der Waals surface area (Å²) in [5, 5.41) is 3.16. The third kappa shape index (κ3) is 6.52. The molecule has 1 rings (SSSR count). The lowest BCUT2D eigenvalue weighted by atomic mass is 10.2. The summed E-state index contributed by atoms with van der Waals surface area (Å²) in [6.45, 7) is 4.23. The number of rotatable bonds is 9. The van der Waals surface area contributed by atoms with Crippen molar-refractivity contribution >= 4 is 0 Å². The second-order valence-electron chi connectivity index (χ2n) is 4.32. The number of nitrogens with one attached hydrogen (secondary N) is 1. The van der Waals surface area contributed by atoms with Gasteiger partial charge in [-0.25, -0.2) is 4.39 Å². The van der Waals surface area contributed by atoms with E-state index in [-0.39, 0.29) is 11.9 Å². The maximum absolute atomic E-state index is 13.4. The lowest BCUT2D eigenvalue weighted by Crippen LogP contribution is -2.19. The summed E-state index contributed by atoms with van der Waals surface area (Å²) in [5.74, 6) is 0.221. The van der Waals surface area contributed by atoms with Gasteiger partial charge in [0.2, 0.25) is 0 Å². The van der Waals surface area contributed by atoms with Gasteiger partial charge >= 0.3 is 0 Å². The second-order valence-corrected chi connectivity index (χ2v) is 4.32. The Morgan fingerprint density at radius 1 is 1.26 bits per heavy atom. The zero-order valence-electron chi connectivity index (χ0n) is 11.7. The van der Waals surface area contributed by atoms with Crippen LogP contribution < -0.4 is 10.1 Å². The fraction of sp³-hybridized carbons (Fsp3) is 0.571. The van der Waals surface area contributed by atoms with Crippen molar-refractivity contribution in [3.05, 3.63) is 29.6 Å². The molecule has 1 unspecified atom stereocenters. The lowest BCUT2D eigenvalue weighted by molar-refractivity contribution is 0.0715. The Bertz CT molecular complexity index is 374. The molecular formula is C14H22FNO3. The lowest BCUT2D eigenvalue weighted by Gasteiger charge is -2.13. The molecule has 1 aromatic rings. The van der Waals surface area contributed by atoms with Crippen molar-refractivity contribution in [2.45, 2.75) is 19.6 Å². The molecule has 0 radical (unpaired) electrons. The molecule has 5 heteroatoms. The first-order valence-electron chi connectivity index (χ1n) is 6.30. The Hall–Kier alpha value is -1.17. The SMILES string of the molecule is COCCNCc1cc(F)cc(OCC(C)OC)c1. The Balaban J connectivity index is 2.51. The van der Waals surface area contributed by atoms with Gasteiger partial charge in [-0.3, -0.25) is 0 Å². The smallest absolute Gasteiger partial charge is 0.127 e. The van der Waals surface area contributed by atoms with E-state index in [9.17, 15) is 4.39 Å². The van der Waals surface area contributed by atoms with Gasteiger partial charge in [0.05, 0.1) is 12.7 Å². The van der Waals surface area contributed by atoms with Gasteiger partial charge in [-0.15, -0.1) is 0 Å². The summed E-state index contributed by atoms with van der Waals surface area (Å²) >= 11 is 0. The molecule has 4 nitrogen and oxygen atoms in total. The molecule has 108 valence electrons. The van der Waals surface area contributed by atoms with Crippen molar-refractivity contribution < 1.29 is 18.6 Å². The van der Waals surface area contributed by atoms with E-state index in [2.05, 4.69) is 5.32 Å².